The molecule has 1 heterocycles. The van der Waals surface area contributed by atoms with Gasteiger partial charge < -0.3 is 5.32 Å². The van der Waals surface area contributed by atoms with Gasteiger partial charge in [-0.3, -0.25) is 4.79 Å². The number of nitrogens with zero attached hydrogens (tertiary/aromatic N) is 2. The van der Waals surface area contributed by atoms with Crippen LogP contribution in [0.15, 0.2) is 60.7 Å². The second-order valence-corrected chi connectivity index (χ2v) is 4.98. The van der Waals surface area contributed by atoms with E-state index >= 15 is 0 Å². The minimum absolute atomic E-state index is 0.142. The van der Waals surface area contributed by atoms with Gasteiger partial charge in [-0.05, 0) is 30.2 Å². The summed E-state index contributed by atoms with van der Waals surface area (Å²) >= 11 is 0. The summed E-state index contributed by atoms with van der Waals surface area (Å²) in [5, 5.41) is 12.0. The third kappa shape index (κ3) is 5.65. The first-order chi connectivity index (χ1) is 11.5. The molecule has 1 atom stereocenters. The van der Waals surface area contributed by atoms with E-state index in [1.165, 1.54) is 24.3 Å². The van der Waals surface area contributed by atoms with Crippen molar-refractivity contribution >= 4 is 12.0 Å². The quantitative estimate of drug-likeness (QED) is 0.343. The summed E-state index contributed by atoms with van der Waals surface area (Å²) in [6.07, 6.45) is 7.80. The van der Waals surface area contributed by atoms with Gasteiger partial charge in [-0.25, -0.2) is 4.98 Å². The van der Waals surface area contributed by atoms with Crippen LogP contribution in [-0.4, -0.2) is 16.9 Å². The second kappa shape index (κ2) is 9.90. The molecule has 1 unspecified atom stereocenters. The Balaban J connectivity index is 3.03. The van der Waals surface area contributed by atoms with E-state index in [0.717, 1.165) is 12.0 Å². The molecule has 0 bridgehead atoms. The van der Waals surface area contributed by atoms with Crippen LogP contribution in [0.25, 0.3) is 6.08 Å². The van der Waals surface area contributed by atoms with E-state index in [4.69, 9.17) is 0 Å². The summed E-state index contributed by atoms with van der Waals surface area (Å²) < 4.78 is 13.1. The fourth-order valence-corrected chi connectivity index (χ4v) is 2.11. The average Bonchev–Trinajstić information content (AvgIpc) is 2.57. The van der Waals surface area contributed by atoms with E-state index in [9.17, 15) is 14.4 Å². The molecule has 0 aliphatic heterocycles. The Morgan fingerprint density at radius 1 is 1.50 bits per heavy atom. The normalized spacial score (nSPS) is 12.9. The Bertz CT molecular complexity index is 714. The molecule has 4 nitrogen and oxygen atoms in total. The van der Waals surface area contributed by atoms with Gasteiger partial charge in [-0.15, -0.1) is 0 Å². The first kappa shape index (κ1) is 19.0. The molecule has 1 amide bonds. The molecule has 0 spiro atoms. The molecule has 0 radical (unpaired) electrons. The molecule has 0 saturated heterocycles. The van der Waals surface area contributed by atoms with Crippen LogP contribution in [0.1, 0.15) is 25.5 Å². The Kier molecular flexibility index (Phi) is 7.86. The number of pyridine rings is 1. The van der Waals surface area contributed by atoms with E-state index in [2.05, 4.69) is 23.5 Å². The van der Waals surface area contributed by atoms with Crippen molar-refractivity contribution in [1.82, 2.24) is 10.3 Å². The van der Waals surface area contributed by atoms with Crippen LogP contribution in [0.3, 0.4) is 0 Å². The molecule has 1 aromatic heterocycles. The monoisotopic (exact) mass is 325 g/mol. The zero-order valence-corrected chi connectivity index (χ0v) is 13.6. The topological polar surface area (TPSA) is 65.8 Å². The van der Waals surface area contributed by atoms with E-state index in [1.807, 2.05) is 13.0 Å². The van der Waals surface area contributed by atoms with E-state index in [1.54, 1.807) is 18.2 Å². The van der Waals surface area contributed by atoms with Crippen LogP contribution in [0.4, 0.5) is 4.39 Å². The number of carbonyl (C=O) groups excluding carboxylic acids is 1. The summed E-state index contributed by atoms with van der Waals surface area (Å²) in [6, 6.07) is 5.72. The zero-order chi connectivity index (χ0) is 17.9. The van der Waals surface area contributed by atoms with Gasteiger partial charge in [-0.1, -0.05) is 50.8 Å². The number of halogens is 1. The fraction of sp³-hybridized carbons (Fsp3) is 0.211. The molecule has 1 N–H and O–H groups in total. The maximum absolute atomic E-state index is 13.1. The van der Waals surface area contributed by atoms with Gasteiger partial charge in [-0.2, -0.15) is 9.65 Å². The molecule has 5 heteroatoms. The highest BCUT2D eigenvalue weighted by Crippen LogP contribution is 2.12. The lowest BCUT2D eigenvalue weighted by molar-refractivity contribution is -0.117. The minimum atomic E-state index is -0.673. The molecule has 0 aromatic carbocycles. The van der Waals surface area contributed by atoms with Crippen molar-refractivity contribution in [2.45, 2.75) is 25.8 Å². The standard InChI is InChI=1S/C19H20FN3O/c1-4-8-14(6-3)17(9-5-2)23-19(24)15(13-21)12-16-10-7-11-18(20)22-16/h4,6-8,10-12,17H,1,3,5,9H2,2H3,(H,23,24)/b14-8+,15-12+. The molecule has 0 fully saturated rings. The number of rotatable bonds is 8. The number of hydrogen-bond donors (Lipinski definition) is 1. The van der Waals surface area contributed by atoms with Crippen LogP contribution in [0, 0.1) is 17.3 Å². The van der Waals surface area contributed by atoms with Gasteiger partial charge in [0.2, 0.25) is 5.95 Å². The zero-order valence-electron chi connectivity index (χ0n) is 13.6. The predicted octanol–water partition coefficient (Wildman–Crippen LogP) is 3.71. The average molecular weight is 325 g/mol. The molecule has 0 aliphatic rings. The summed E-state index contributed by atoms with van der Waals surface area (Å²) in [4.78, 5) is 16.0. The fourth-order valence-electron chi connectivity index (χ4n) is 2.11. The lowest BCUT2D eigenvalue weighted by atomic mass is 10.0. The Hall–Kier alpha value is -3.00. The summed E-state index contributed by atoms with van der Waals surface area (Å²) in [7, 11) is 0. The van der Waals surface area contributed by atoms with Gasteiger partial charge in [0.15, 0.2) is 0 Å². The van der Waals surface area contributed by atoms with Crippen LogP contribution in [-0.2, 0) is 4.79 Å². The predicted molar refractivity (Wildman–Crippen MR) is 93.1 cm³/mol. The highest BCUT2D eigenvalue weighted by Gasteiger charge is 2.17. The summed E-state index contributed by atoms with van der Waals surface area (Å²) in [6.45, 7) is 9.37. The molecule has 0 aliphatic carbocycles. The van der Waals surface area contributed by atoms with E-state index < -0.39 is 11.9 Å². The molecule has 1 rings (SSSR count). The van der Waals surface area contributed by atoms with Gasteiger partial charge in [0.1, 0.15) is 11.6 Å². The van der Waals surface area contributed by atoms with Gasteiger partial charge in [0.25, 0.3) is 5.91 Å². The number of hydrogen-bond acceptors (Lipinski definition) is 3. The summed E-state index contributed by atoms with van der Waals surface area (Å²) in [5.74, 6) is -1.22. The largest absolute Gasteiger partial charge is 0.345 e. The first-order valence-corrected chi connectivity index (χ1v) is 7.56. The second-order valence-electron chi connectivity index (χ2n) is 4.98. The molecule has 1 aromatic rings. The van der Waals surface area contributed by atoms with Crippen molar-refractivity contribution in [3.05, 3.63) is 72.4 Å². The van der Waals surface area contributed by atoms with Crippen LogP contribution in [0.5, 0.6) is 0 Å². The number of nitrogens with one attached hydrogen (secondary N) is 1. The molecule has 0 saturated carbocycles. The van der Waals surface area contributed by atoms with Crippen molar-refractivity contribution in [1.29, 1.82) is 5.26 Å². The van der Waals surface area contributed by atoms with Gasteiger partial charge >= 0.3 is 0 Å². The molecule has 24 heavy (non-hydrogen) atoms. The Morgan fingerprint density at radius 2 is 2.25 bits per heavy atom. The molecule has 124 valence electrons. The number of aromatic nitrogens is 1. The number of amides is 1. The summed E-state index contributed by atoms with van der Waals surface area (Å²) in [5.41, 5.74) is 0.872. The van der Waals surface area contributed by atoms with Gasteiger partial charge in [0, 0.05) is 0 Å². The first-order valence-electron chi connectivity index (χ1n) is 7.56. The lowest BCUT2D eigenvalue weighted by Crippen LogP contribution is -2.36. The number of allylic oxidation sites excluding steroid dienone is 2. The van der Waals surface area contributed by atoms with Crippen molar-refractivity contribution in [3.8, 4) is 6.07 Å². The Labute approximate surface area is 141 Å². The highest BCUT2D eigenvalue weighted by molar-refractivity contribution is 6.01. The number of carbonyl (C=O) groups is 1. The smallest absolute Gasteiger partial charge is 0.262 e. The molecular formula is C19H20FN3O. The van der Waals surface area contributed by atoms with Gasteiger partial charge in [0.05, 0.1) is 11.7 Å². The third-order valence-electron chi connectivity index (χ3n) is 3.22. The van der Waals surface area contributed by atoms with Crippen LogP contribution in [0.2, 0.25) is 0 Å². The maximum Gasteiger partial charge on any atom is 0.262 e. The third-order valence-corrected chi connectivity index (χ3v) is 3.22. The SMILES string of the molecule is C=C/C=C(\C=C)C(CCC)NC(=O)/C(C#N)=C/c1cccc(F)n1. The highest BCUT2D eigenvalue weighted by atomic mass is 19.1. The van der Waals surface area contributed by atoms with Crippen molar-refractivity contribution in [2.75, 3.05) is 0 Å². The van der Waals surface area contributed by atoms with E-state index in [-0.39, 0.29) is 17.3 Å². The van der Waals surface area contributed by atoms with Crippen molar-refractivity contribution in [3.63, 3.8) is 0 Å². The number of nitriles is 1. The van der Waals surface area contributed by atoms with Crippen molar-refractivity contribution in [2.24, 2.45) is 0 Å². The van der Waals surface area contributed by atoms with E-state index in [0.29, 0.717) is 6.42 Å². The minimum Gasteiger partial charge on any atom is -0.345 e. The van der Waals surface area contributed by atoms with Crippen molar-refractivity contribution < 1.29 is 9.18 Å². The maximum atomic E-state index is 13.1. The Morgan fingerprint density at radius 3 is 2.79 bits per heavy atom. The lowest BCUT2D eigenvalue weighted by Gasteiger charge is -2.19. The molecular weight excluding hydrogens is 305 g/mol. The van der Waals surface area contributed by atoms with Crippen LogP contribution >= 0.6 is 0 Å². The van der Waals surface area contributed by atoms with Crippen LogP contribution < -0.4 is 5.32 Å².